The van der Waals surface area contributed by atoms with Crippen LogP contribution in [0.5, 0.6) is 5.75 Å². The Kier molecular flexibility index (Phi) is 4.74. The molecule has 0 fully saturated rings. The fourth-order valence-corrected chi connectivity index (χ4v) is 2.26. The molecule has 0 aliphatic rings. The molecule has 1 N–H and O–H groups in total. The highest BCUT2D eigenvalue weighted by Gasteiger charge is 2.17. The molecular formula is C15H13BrFNO2. The average Bonchev–Trinajstić information content (AvgIpc) is 2.44. The summed E-state index contributed by atoms with van der Waals surface area (Å²) in [5, 5.41) is 2.68. The number of benzene rings is 2. The van der Waals surface area contributed by atoms with Crippen molar-refractivity contribution in [1.29, 1.82) is 0 Å². The first-order valence-electron chi connectivity index (χ1n) is 5.97. The van der Waals surface area contributed by atoms with Gasteiger partial charge in [0.05, 0.1) is 7.11 Å². The van der Waals surface area contributed by atoms with Crippen LogP contribution in [0.25, 0.3) is 0 Å². The molecule has 0 atom stereocenters. The lowest BCUT2D eigenvalue weighted by Crippen LogP contribution is -2.24. The minimum atomic E-state index is -0.601. The third kappa shape index (κ3) is 3.36. The summed E-state index contributed by atoms with van der Waals surface area (Å²) in [6.45, 7) is 0.315. The number of hydrogen-bond acceptors (Lipinski definition) is 2. The Labute approximate surface area is 124 Å². The van der Waals surface area contributed by atoms with Crippen molar-refractivity contribution in [3.8, 4) is 5.75 Å². The van der Waals surface area contributed by atoms with Crippen molar-refractivity contribution < 1.29 is 13.9 Å². The number of carbonyl (C=O) groups excluding carboxylic acids is 1. The summed E-state index contributed by atoms with van der Waals surface area (Å²) in [5.74, 6) is -0.882. The normalized spacial score (nSPS) is 10.2. The maximum atomic E-state index is 13.7. The number of ether oxygens (including phenoxy) is 1. The van der Waals surface area contributed by atoms with Crippen molar-refractivity contribution in [3.63, 3.8) is 0 Å². The molecule has 0 aromatic heterocycles. The standard InChI is InChI=1S/C15H13BrFNO2/c1-20-13-7-3-6-12(17)14(13)15(19)18-9-10-4-2-5-11(16)8-10/h2-8H,9H2,1H3,(H,18,19). The molecule has 0 saturated carbocycles. The summed E-state index contributed by atoms with van der Waals surface area (Å²) in [7, 11) is 1.40. The molecule has 2 aromatic rings. The lowest BCUT2D eigenvalue weighted by Gasteiger charge is -2.10. The monoisotopic (exact) mass is 337 g/mol. The Balaban J connectivity index is 2.13. The van der Waals surface area contributed by atoms with Crippen molar-refractivity contribution >= 4 is 21.8 Å². The fraction of sp³-hybridized carbons (Fsp3) is 0.133. The van der Waals surface area contributed by atoms with Gasteiger partial charge in [-0.3, -0.25) is 4.79 Å². The van der Waals surface area contributed by atoms with E-state index in [2.05, 4.69) is 21.2 Å². The van der Waals surface area contributed by atoms with Crippen molar-refractivity contribution in [1.82, 2.24) is 5.32 Å². The van der Waals surface area contributed by atoms with Crippen LogP contribution in [0, 0.1) is 5.82 Å². The number of halogens is 2. The van der Waals surface area contributed by atoms with Gasteiger partial charge in [0.2, 0.25) is 0 Å². The molecule has 1 amide bonds. The van der Waals surface area contributed by atoms with E-state index in [1.54, 1.807) is 6.07 Å². The number of methoxy groups -OCH3 is 1. The Bertz CT molecular complexity index is 631. The molecular weight excluding hydrogens is 325 g/mol. The molecule has 0 aliphatic carbocycles. The van der Waals surface area contributed by atoms with Crippen molar-refractivity contribution in [2.45, 2.75) is 6.54 Å². The van der Waals surface area contributed by atoms with Gasteiger partial charge in [-0.25, -0.2) is 4.39 Å². The first-order chi connectivity index (χ1) is 9.61. The van der Waals surface area contributed by atoms with E-state index >= 15 is 0 Å². The maximum absolute atomic E-state index is 13.7. The summed E-state index contributed by atoms with van der Waals surface area (Å²) in [4.78, 5) is 12.1. The van der Waals surface area contributed by atoms with Gasteiger partial charge in [0.15, 0.2) is 0 Å². The van der Waals surface area contributed by atoms with E-state index in [1.165, 1.54) is 19.2 Å². The number of rotatable bonds is 4. The molecule has 3 nitrogen and oxygen atoms in total. The molecule has 0 spiro atoms. The summed E-state index contributed by atoms with van der Waals surface area (Å²) in [5.41, 5.74) is 0.841. The highest BCUT2D eigenvalue weighted by atomic mass is 79.9. The second-order valence-electron chi connectivity index (χ2n) is 4.13. The second-order valence-corrected chi connectivity index (χ2v) is 5.05. The van der Waals surface area contributed by atoms with Gasteiger partial charge < -0.3 is 10.1 Å². The van der Waals surface area contributed by atoms with Crippen LogP contribution >= 0.6 is 15.9 Å². The predicted molar refractivity (Wildman–Crippen MR) is 78.3 cm³/mol. The minimum Gasteiger partial charge on any atom is -0.496 e. The van der Waals surface area contributed by atoms with Gasteiger partial charge in [-0.15, -0.1) is 0 Å². The molecule has 5 heteroatoms. The van der Waals surface area contributed by atoms with E-state index in [-0.39, 0.29) is 11.3 Å². The fourth-order valence-electron chi connectivity index (χ4n) is 1.81. The zero-order valence-corrected chi connectivity index (χ0v) is 12.4. The average molecular weight is 338 g/mol. The van der Waals surface area contributed by atoms with E-state index in [0.29, 0.717) is 6.54 Å². The second kappa shape index (κ2) is 6.52. The van der Waals surface area contributed by atoms with Crippen molar-refractivity contribution in [2.24, 2.45) is 0 Å². The maximum Gasteiger partial charge on any atom is 0.258 e. The molecule has 0 aliphatic heterocycles. The zero-order valence-electron chi connectivity index (χ0n) is 10.8. The number of carbonyl (C=O) groups is 1. The highest BCUT2D eigenvalue weighted by Crippen LogP contribution is 2.21. The van der Waals surface area contributed by atoms with Crippen LogP contribution in [-0.2, 0) is 6.54 Å². The summed E-state index contributed by atoms with van der Waals surface area (Å²) in [6.07, 6.45) is 0. The Morgan fingerprint density at radius 3 is 2.75 bits per heavy atom. The summed E-state index contributed by atoms with van der Waals surface area (Å²) in [6, 6.07) is 11.8. The third-order valence-electron chi connectivity index (χ3n) is 2.76. The number of nitrogens with one attached hydrogen (secondary N) is 1. The lowest BCUT2D eigenvalue weighted by molar-refractivity contribution is 0.0943. The van der Waals surface area contributed by atoms with Crippen LogP contribution in [0.15, 0.2) is 46.9 Å². The lowest BCUT2D eigenvalue weighted by atomic mass is 10.1. The molecule has 104 valence electrons. The first-order valence-corrected chi connectivity index (χ1v) is 6.76. The SMILES string of the molecule is COc1cccc(F)c1C(=O)NCc1cccc(Br)c1. The molecule has 0 heterocycles. The van der Waals surface area contributed by atoms with E-state index < -0.39 is 11.7 Å². The van der Waals surface area contributed by atoms with E-state index in [1.807, 2.05) is 24.3 Å². The quantitative estimate of drug-likeness (QED) is 0.926. The van der Waals surface area contributed by atoms with Gasteiger partial charge in [-0.1, -0.05) is 34.1 Å². The molecule has 0 unspecified atom stereocenters. The summed E-state index contributed by atoms with van der Waals surface area (Å²) >= 11 is 3.36. The molecule has 2 rings (SSSR count). The highest BCUT2D eigenvalue weighted by molar-refractivity contribution is 9.10. The number of hydrogen-bond donors (Lipinski definition) is 1. The van der Waals surface area contributed by atoms with Gasteiger partial charge in [-0.05, 0) is 29.8 Å². The van der Waals surface area contributed by atoms with E-state index in [4.69, 9.17) is 4.74 Å². The predicted octanol–water partition coefficient (Wildman–Crippen LogP) is 3.53. The van der Waals surface area contributed by atoms with Crippen LogP contribution in [0.1, 0.15) is 15.9 Å². The molecule has 20 heavy (non-hydrogen) atoms. The van der Waals surface area contributed by atoms with Gasteiger partial charge in [0, 0.05) is 11.0 Å². The van der Waals surface area contributed by atoms with Gasteiger partial charge in [0.1, 0.15) is 17.1 Å². The van der Waals surface area contributed by atoms with E-state index in [9.17, 15) is 9.18 Å². The molecule has 0 bridgehead atoms. The Morgan fingerprint density at radius 1 is 1.30 bits per heavy atom. The van der Waals surface area contributed by atoms with Crippen molar-refractivity contribution in [3.05, 3.63) is 63.9 Å². The molecule has 0 saturated heterocycles. The van der Waals surface area contributed by atoms with Crippen LogP contribution < -0.4 is 10.1 Å². The topological polar surface area (TPSA) is 38.3 Å². The first kappa shape index (κ1) is 14.5. The van der Waals surface area contributed by atoms with Gasteiger partial charge in [-0.2, -0.15) is 0 Å². The van der Waals surface area contributed by atoms with Crippen molar-refractivity contribution in [2.75, 3.05) is 7.11 Å². The third-order valence-corrected chi connectivity index (χ3v) is 3.26. The van der Waals surface area contributed by atoms with E-state index in [0.717, 1.165) is 10.0 Å². The number of amides is 1. The van der Waals surface area contributed by atoms with Crippen LogP contribution in [-0.4, -0.2) is 13.0 Å². The molecule has 0 radical (unpaired) electrons. The van der Waals surface area contributed by atoms with Gasteiger partial charge >= 0.3 is 0 Å². The smallest absolute Gasteiger partial charge is 0.258 e. The van der Waals surface area contributed by atoms with Gasteiger partial charge in [0.25, 0.3) is 5.91 Å². The molecule has 2 aromatic carbocycles. The minimum absolute atomic E-state index is 0.0787. The van der Waals surface area contributed by atoms with Crippen LogP contribution in [0.4, 0.5) is 4.39 Å². The van der Waals surface area contributed by atoms with Crippen LogP contribution in [0.2, 0.25) is 0 Å². The Morgan fingerprint density at radius 2 is 2.05 bits per heavy atom. The Hall–Kier alpha value is -1.88. The van der Waals surface area contributed by atoms with Crippen LogP contribution in [0.3, 0.4) is 0 Å². The largest absolute Gasteiger partial charge is 0.496 e. The zero-order chi connectivity index (χ0) is 14.5. The summed E-state index contributed by atoms with van der Waals surface area (Å²) < 4.78 is 19.7.